The van der Waals surface area contributed by atoms with Gasteiger partial charge in [0.25, 0.3) is 0 Å². The first-order chi connectivity index (χ1) is 12.3. The van der Waals surface area contributed by atoms with Gasteiger partial charge in [0.05, 0.1) is 22.6 Å². The third-order valence-electron chi connectivity index (χ3n) is 5.72. The van der Waals surface area contributed by atoms with Gasteiger partial charge in [-0.1, -0.05) is 13.8 Å². The van der Waals surface area contributed by atoms with E-state index in [4.69, 9.17) is 5.41 Å². The zero-order chi connectivity index (χ0) is 18.9. The predicted molar refractivity (Wildman–Crippen MR) is 101 cm³/mol. The number of ketones is 1. The summed E-state index contributed by atoms with van der Waals surface area (Å²) in [5.41, 5.74) is 0.391. The van der Waals surface area contributed by atoms with Crippen LogP contribution in [0.3, 0.4) is 0 Å². The highest BCUT2D eigenvalue weighted by Crippen LogP contribution is 2.50. The molecule has 1 aromatic rings. The molecule has 1 unspecified atom stereocenters. The van der Waals surface area contributed by atoms with Crippen molar-refractivity contribution in [1.82, 2.24) is 10.3 Å². The Balaban J connectivity index is 2.04. The predicted octanol–water partition coefficient (Wildman–Crippen LogP) is 2.25. The highest BCUT2D eigenvalue weighted by Gasteiger charge is 2.51. The lowest BCUT2D eigenvalue weighted by Crippen LogP contribution is -2.60. The van der Waals surface area contributed by atoms with E-state index in [1.807, 2.05) is 12.1 Å². The number of Topliss-reactive ketones (excluding diaryl/α,β-unsaturated/α-hetero) is 1. The van der Waals surface area contributed by atoms with Crippen LogP contribution in [0, 0.1) is 17.2 Å². The summed E-state index contributed by atoms with van der Waals surface area (Å²) in [6.45, 7) is 3.68. The van der Waals surface area contributed by atoms with E-state index in [2.05, 4.69) is 24.1 Å². The summed E-state index contributed by atoms with van der Waals surface area (Å²) < 4.78 is 0. The summed E-state index contributed by atoms with van der Waals surface area (Å²) >= 11 is 0. The molecule has 2 saturated carbocycles. The molecule has 0 amide bonds. The van der Waals surface area contributed by atoms with Crippen molar-refractivity contribution >= 4 is 17.7 Å². The number of carbonyl (C=O) groups excluding carboxylic acids is 1. The van der Waals surface area contributed by atoms with Crippen molar-refractivity contribution in [1.29, 1.82) is 5.41 Å². The van der Waals surface area contributed by atoms with Gasteiger partial charge in [-0.05, 0) is 56.1 Å². The Bertz CT molecular complexity index is 694. The van der Waals surface area contributed by atoms with Crippen LogP contribution in [-0.4, -0.2) is 44.9 Å². The molecule has 2 fully saturated rings. The highest BCUT2D eigenvalue weighted by molar-refractivity contribution is 6.18. The number of carbonyl (C=O) groups is 1. The Morgan fingerprint density at radius 1 is 1.35 bits per heavy atom. The van der Waals surface area contributed by atoms with E-state index in [1.165, 1.54) is 0 Å². The number of rotatable bonds is 6. The van der Waals surface area contributed by atoms with Crippen molar-refractivity contribution in [2.45, 2.75) is 57.1 Å². The quantitative estimate of drug-likeness (QED) is 0.396. The fourth-order valence-corrected chi connectivity index (χ4v) is 5.42. The molecule has 0 radical (unpaired) electrons. The molecule has 1 heterocycles. The first-order valence-corrected chi connectivity index (χ1v) is 9.33. The van der Waals surface area contributed by atoms with E-state index in [1.54, 1.807) is 6.20 Å². The summed E-state index contributed by atoms with van der Waals surface area (Å²) in [5.74, 6) is 0.253. The molecule has 6 nitrogen and oxygen atoms in total. The minimum absolute atomic E-state index is 0.157. The van der Waals surface area contributed by atoms with Gasteiger partial charge >= 0.3 is 0 Å². The van der Waals surface area contributed by atoms with Crippen LogP contribution in [0.1, 0.15) is 51.6 Å². The van der Waals surface area contributed by atoms with Crippen LogP contribution in [0.25, 0.3) is 5.70 Å². The van der Waals surface area contributed by atoms with Crippen molar-refractivity contribution < 1.29 is 15.0 Å². The van der Waals surface area contributed by atoms with E-state index >= 15 is 0 Å². The summed E-state index contributed by atoms with van der Waals surface area (Å²) in [5, 5.41) is 31.7. The van der Waals surface area contributed by atoms with Crippen molar-refractivity contribution in [2.24, 2.45) is 11.8 Å². The van der Waals surface area contributed by atoms with Crippen molar-refractivity contribution in [2.75, 3.05) is 6.61 Å². The number of aliphatic hydroxyl groups excluding tert-OH is 1. The minimum atomic E-state index is -0.686. The van der Waals surface area contributed by atoms with Gasteiger partial charge in [-0.2, -0.15) is 0 Å². The Morgan fingerprint density at radius 3 is 2.50 bits per heavy atom. The van der Waals surface area contributed by atoms with Gasteiger partial charge in [-0.15, -0.1) is 0 Å². The smallest absolute Gasteiger partial charge is 0.191 e. The fourth-order valence-electron chi connectivity index (χ4n) is 5.42. The maximum atomic E-state index is 12.2. The molecule has 0 aromatic carbocycles. The van der Waals surface area contributed by atoms with Gasteiger partial charge in [0, 0.05) is 18.0 Å². The van der Waals surface area contributed by atoms with Gasteiger partial charge in [0.1, 0.15) is 6.61 Å². The molecule has 1 aromatic heterocycles. The number of H-pyrrole nitrogens is 1. The third-order valence-corrected chi connectivity index (χ3v) is 5.72. The SMILES string of the molecule is C[C@@H]1CC2(O)C[C@H](C)C[C@](N/C(=C(/C=N)C(=O)CO)c3ccc[nH]3)(C1)C2. The summed E-state index contributed by atoms with van der Waals surface area (Å²) in [6, 6.07) is 3.68. The van der Waals surface area contributed by atoms with E-state index in [-0.39, 0.29) is 11.1 Å². The molecule has 0 aliphatic heterocycles. The number of fused-ring (bicyclic) bond motifs is 2. The molecule has 2 aliphatic carbocycles. The Kier molecular flexibility index (Phi) is 5.08. The summed E-state index contributed by atoms with van der Waals surface area (Å²) in [6.07, 6.45) is 6.82. The molecule has 0 saturated heterocycles. The second-order valence-corrected chi connectivity index (χ2v) is 8.43. The number of aliphatic hydroxyl groups is 2. The largest absolute Gasteiger partial charge is 0.390 e. The second kappa shape index (κ2) is 7.00. The monoisotopic (exact) mass is 359 g/mol. The van der Waals surface area contributed by atoms with Crippen LogP contribution in [0.4, 0.5) is 0 Å². The van der Waals surface area contributed by atoms with Crippen LogP contribution in [-0.2, 0) is 4.79 Å². The maximum absolute atomic E-state index is 12.2. The Hall–Kier alpha value is -1.92. The zero-order valence-corrected chi connectivity index (χ0v) is 15.5. The molecular weight excluding hydrogens is 330 g/mol. The van der Waals surface area contributed by atoms with Crippen LogP contribution in [0.2, 0.25) is 0 Å². The van der Waals surface area contributed by atoms with E-state index in [0.717, 1.165) is 31.9 Å². The van der Waals surface area contributed by atoms with Crippen molar-refractivity contribution in [3.8, 4) is 0 Å². The van der Waals surface area contributed by atoms with Gasteiger partial charge in [-0.25, -0.2) is 0 Å². The standard InChI is InChI=1S/C20H29N3O3/c1-13-6-19(7-14(2)9-20(26,8-13)12-19)23-18(16-4-3-5-22-16)15(10-21)17(25)11-24/h3-5,10,13-14,21-24,26H,6-9,11-12H2,1-2H3/b18-15-,21-10?/t13-,14+,19+,20?. The van der Waals surface area contributed by atoms with Crippen LogP contribution >= 0.6 is 0 Å². The number of hydrogen-bond donors (Lipinski definition) is 5. The maximum Gasteiger partial charge on any atom is 0.191 e. The van der Waals surface area contributed by atoms with Crippen molar-refractivity contribution in [3.63, 3.8) is 0 Å². The average Bonchev–Trinajstić information content (AvgIpc) is 3.05. The highest BCUT2D eigenvalue weighted by atomic mass is 16.3. The summed E-state index contributed by atoms with van der Waals surface area (Å²) in [4.78, 5) is 15.3. The number of hydrogen-bond acceptors (Lipinski definition) is 5. The van der Waals surface area contributed by atoms with Crippen LogP contribution in [0.5, 0.6) is 0 Å². The first-order valence-electron chi connectivity index (χ1n) is 9.33. The minimum Gasteiger partial charge on any atom is -0.390 e. The molecule has 6 heteroatoms. The summed E-state index contributed by atoms with van der Waals surface area (Å²) in [7, 11) is 0. The van der Waals surface area contributed by atoms with Gasteiger partial charge < -0.3 is 25.9 Å². The molecule has 2 aliphatic rings. The molecule has 4 atom stereocenters. The molecule has 2 bridgehead atoms. The van der Waals surface area contributed by atoms with Crippen molar-refractivity contribution in [3.05, 3.63) is 29.6 Å². The number of nitrogens with one attached hydrogen (secondary N) is 3. The topological polar surface area (TPSA) is 109 Å². The molecule has 142 valence electrons. The lowest BCUT2D eigenvalue weighted by Gasteiger charge is -2.55. The second-order valence-electron chi connectivity index (χ2n) is 8.43. The number of aromatic nitrogens is 1. The fraction of sp³-hybridized carbons (Fsp3) is 0.600. The zero-order valence-electron chi connectivity index (χ0n) is 15.5. The van der Waals surface area contributed by atoms with Crippen LogP contribution in [0.15, 0.2) is 23.9 Å². The Morgan fingerprint density at radius 2 is 2.00 bits per heavy atom. The molecule has 5 N–H and O–H groups in total. The molecular formula is C20H29N3O3. The lowest BCUT2D eigenvalue weighted by atomic mass is 9.58. The van der Waals surface area contributed by atoms with Gasteiger partial charge in [-0.3, -0.25) is 4.79 Å². The number of aromatic amines is 1. The van der Waals surface area contributed by atoms with Gasteiger partial charge in [0.2, 0.25) is 0 Å². The molecule has 26 heavy (non-hydrogen) atoms. The normalized spacial score (nSPS) is 34.8. The molecule has 0 spiro atoms. The van der Waals surface area contributed by atoms with E-state index < -0.39 is 18.0 Å². The average molecular weight is 359 g/mol. The lowest BCUT2D eigenvalue weighted by molar-refractivity contribution is -0.117. The third kappa shape index (κ3) is 3.62. The van der Waals surface area contributed by atoms with Gasteiger partial charge in [0.15, 0.2) is 5.78 Å². The molecule has 3 rings (SSSR count). The Labute approximate surface area is 154 Å². The van der Waals surface area contributed by atoms with E-state index in [0.29, 0.717) is 29.6 Å². The van der Waals surface area contributed by atoms with Crippen LogP contribution < -0.4 is 5.32 Å². The van der Waals surface area contributed by atoms with E-state index in [9.17, 15) is 15.0 Å². The first kappa shape index (κ1) is 18.9.